The lowest BCUT2D eigenvalue weighted by molar-refractivity contribution is -0.00804. The average Bonchev–Trinajstić information content (AvgIpc) is 2.64. The highest BCUT2D eigenvalue weighted by Crippen LogP contribution is 2.54. The summed E-state index contributed by atoms with van der Waals surface area (Å²) in [7, 11) is 0. The quantitative estimate of drug-likeness (QED) is 0.560. The van der Waals surface area contributed by atoms with Crippen LogP contribution in [-0.2, 0) is 18.3 Å². The molecular weight excluding hydrogens is 334 g/mol. The Kier molecular flexibility index (Phi) is 4.40. The fourth-order valence-corrected chi connectivity index (χ4v) is 5.35. The Balaban J connectivity index is 1.78. The number of anilines is 1. The number of phenols is 1. The third-order valence-corrected chi connectivity index (χ3v) is 6.59. The minimum absolute atomic E-state index is 0.0287. The molecule has 4 rings (SSSR count). The predicted molar refractivity (Wildman–Crippen MR) is 108 cm³/mol. The summed E-state index contributed by atoms with van der Waals surface area (Å²) in [5.41, 5.74) is 9.59. The van der Waals surface area contributed by atoms with E-state index < -0.39 is 5.60 Å². The summed E-state index contributed by atoms with van der Waals surface area (Å²) in [6.45, 7) is 1.80. The predicted octanol–water partition coefficient (Wildman–Crippen LogP) is 3.96. The highest BCUT2D eigenvalue weighted by atomic mass is 16.3. The molecule has 0 aliphatic heterocycles. The molecule has 2 aromatic rings. The smallest absolute Gasteiger partial charge is 0.125 e. The van der Waals surface area contributed by atoms with E-state index in [0.29, 0.717) is 24.5 Å². The van der Waals surface area contributed by atoms with Gasteiger partial charge in [0.15, 0.2) is 0 Å². The third kappa shape index (κ3) is 3.19. The van der Waals surface area contributed by atoms with Crippen LogP contribution >= 0.6 is 0 Å². The number of phenolic OH excluding ortho intramolecular Hbond substituents is 1. The van der Waals surface area contributed by atoms with E-state index in [1.807, 2.05) is 18.2 Å². The Hall–Kier alpha value is -2.44. The van der Waals surface area contributed by atoms with Crippen LogP contribution in [0.1, 0.15) is 49.3 Å². The molecule has 0 bridgehead atoms. The molecule has 3 nitrogen and oxygen atoms in total. The zero-order chi connectivity index (χ0) is 19.1. The molecule has 27 heavy (non-hydrogen) atoms. The first-order valence-corrected chi connectivity index (χ1v) is 9.77. The van der Waals surface area contributed by atoms with Gasteiger partial charge in [-0.15, -0.1) is 5.92 Å². The van der Waals surface area contributed by atoms with Crippen molar-refractivity contribution in [2.45, 2.75) is 56.5 Å². The number of hydrogen-bond donors (Lipinski definition) is 3. The van der Waals surface area contributed by atoms with E-state index in [0.717, 1.165) is 31.4 Å². The first kappa shape index (κ1) is 17.9. The normalized spacial score (nSPS) is 29.2. The van der Waals surface area contributed by atoms with Crippen molar-refractivity contribution in [2.24, 2.45) is 5.92 Å². The zero-order valence-corrected chi connectivity index (χ0v) is 15.8. The maximum atomic E-state index is 11.0. The van der Waals surface area contributed by atoms with E-state index >= 15 is 0 Å². The van der Waals surface area contributed by atoms with Gasteiger partial charge in [-0.2, -0.15) is 0 Å². The molecule has 140 valence electrons. The van der Waals surface area contributed by atoms with Gasteiger partial charge in [0.2, 0.25) is 0 Å². The average molecular weight is 361 g/mol. The SMILES string of the molecule is CC#C[C@@]1(O)CC[C@@]2(Cc3ccc(N)cc3)c3ccc(O)cc3CC[C@@H]2C1. The molecule has 2 aliphatic rings. The van der Waals surface area contributed by atoms with Crippen molar-refractivity contribution in [3.8, 4) is 17.6 Å². The first-order chi connectivity index (χ1) is 12.9. The molecule has 0 amide bonds. The van der Waals surface area contributed by atoms with E-state index in [4.69, 9.17) is 5.73 Å². The molecule has 3 atom stereocenters. The lowest BCUT2D eigenvalue weighted by Gasteiger charge is -2.52. The summed E-state index contributed by atoms with van der Waals surface area (Å²) >= 11 is 0. The fourth-order valence-electron chi connectivity index (χ4n) is 5.35. The Bertz CT molecular complexity index is 908. The number of aliphatic hydroxyl groups is 1. The summed E-state index contributed by atoms with van der Waals surface area (Å²) in [4.78, 5) is 0. The van der Waals surface area contributed by atoms with Crippen molar-refractivity contribution in [1.29, 1.82) is 0 Å². The van der Waals surface area contributed by atoms with E-state index in [1.54, 1.807) is 13.0 Å². The second kappa shape index (κ2) is 6.62. The molecule has 2 aromatic carbocycles. The Morgan fingerprint density at radius 2 is 1.93 bits per heavy atom. The number of nitrogens with two attached hydrogens (primary N) is 1. The van der Waals surface area contributed by atoms with Crippen molar-refractivity contribution in [2.75, 3.05) is 5.73 Å². The molecule has 2 aliphatic carbocycles. The lowest BCUT2D eigenvalue weighted by Crippen LogP contribution is -2.50. The number of aromatic hydroxyl groups is 1. The topological polar surface area (TPSA) is 66.5 Å². The van der Waals surface area contributed by atoms with Crippen molar-refractivity contribution in [3.63, 3.8) is 0 Å². The minimum Gasteiger partial charge on any atom is -0.508 e. The van der Waals surface area contributed by atoms with Gasteiger partial charge in [-0.25, -0.2) is 0 Å². The van der Waals surface area contributed by atoms with Gasteiger partial charge in [0.05, 0.1) is 0 Å². The van der Waals surface area contributed by atoms with E-state index in [1.165, 1.54) is 16.7 Å². The summed E-state index contributed by atoms with van der Waals surface area (Å²) in [5, 5.41) is 21.0. The number of aryl methyl sites for hydroxylation is 1. The molecular formula is C24H27NO2. The number of benzene rings is 2. The zero-order valence-electron chi connectivity index (χ0n) is 15.8. The Morgan fingerprint density at radius 1 is 1.15 bits per heavy atom. The largest absolute Gasteiger partial charge is 0.508 e. The Morgan fingerprint density at radius 3 is 2.67 bits per heavy atom. The molecule has 0 unspecified atom stereocenters. The third-order valence-electron chi connectivity index (χ3n) is 6.59. The molecule has 4 N–H and O–H groups in total. The van der Waals surface area contributed by atoms with Crippen LogP contribution in [-0.4, -0.2) is 15.8 Å². The molecule has 3 heteroatoms. The summed E-state index contributed by atoms with van der Waals surface area (Å²) in [6, 6.07) is 14.0. The summed E-state index contributed by atoms with van der Waals surface area (Å²) in [5.74, 6) is 6.69. The molecule has 1 saturated carbocycles. The van der Waals surface area contributed by atoms with Gasteiger partial charge >= 0.3 is 0 Å². The van der Waals surface area contributed by atoms with Crippen LogP contribution in [0.15, 0.2) is 42.5 Å². The number of rotatable bonds is 2. The van der Waals surface area contributed by atoms with E-state index in [9.17, 15) is 10.2 Å². The molecule has 0 heterocycles. The van der Waals surface area contributed by atoms with Crippen molar-refractivity contribution in [3.05, 3.63) is 59.2 Å². The second-order valence-electron chi connectivity index (χ2n) is 8.26. The van der Waals surface area contributed by atoms with Crippen molar-refractivity contribution >= 4 is 5.69 Å². The molecule has 0 spiro atoms. The number of hydrogen-bond acceptors (Lipinski definition) is 3. The van der Waals surface area contributed by atoms with Gasteiger partial charge in [-0.1, -0.05) is 24.1 Å². The van der Waals surface area contributed by atoms with E-state index in [-0.39, 0.29) is 5.41 Å². The molecule has 0 saturated heterocycles. The standard InChI is InChI=1S/C24H27NO2/c1-2-11-23(27)12-13-24(15-17-3-7-20(25)8-4-17)19(16-23)6-5-18-14-21(26)9-10-22(18)24/h3-4,7-10,14,19,26-27H,5-6,12-13,15-16,25H2,1H3/t19-,23-,24+/m1/s1. The monoisotopic (exact) mass is 361 g/mol. The highest BCUT2D eigenvalue weighted by molar-refractivity contribution is 5.46. The fraction of sp³-hybridized carbons (Fsp3) is 0.417. The van der Waals surface area contributed by atoms with Crippen LogP contribution in [0.3, 0.4) is 0 Å². The van der Waals surface area contributed by atoms with Gasteiger partial charge in [0.1, 0.15) is 11.4 Å². The molecule has 0 radical (unpaired) electrons. The van der Waals surface area contributed by atoms with Crippen molar-refractivity contribution < 1.29 is 10.2 Å². The summed E-state index contributed by atoms with van der Waals surface area (Å²) in [6.07, 6.45) is 5.16. The maximum absolute atomic E-state index is 11.0. The first-order valence-electron chi connectivity index (χ1n) is 9.77. The van der Waals surface area contributed by atoms with E-state index in [2.05, 4.69) is 30.0 Å². The van der Waals surface area contributed by atoms with Gasteiger partial charge < -0.3 is 15.9 Å². The van der Waals surface area contributed by atoms with Crippen LogP contribution in [0.2, 0.25) is 0 Å². The maximum Gasteiger partial charge on any atom is 0.125 e. The van der Waals surface area contributed by atoms with Gasteiger partial charge in [-0.3, -0.25) is 0 Å². The van der Waals surface area contributed by atoms with Crippen molar-refractivity contribution in [1.82, 2.24) is 0 Å². The molecule has 1 fully saturated rings. The highest BCUT2D eigenvalue weighted by Gasteiger charge is 2.51. The minimum atomic E-state index is -0.877. The summed E-state index contributed by atoms with van der Waals surface area (Å²) < 4.78 is 0. The van der Waals surface area contributed by atoms with Crippen LogP contribution in [0.25, 0.3) is 0 Å². The van der Waals surface area contributed by atoms with Crippen LogP contribution in [0.5, 0.6) is 5.75 Å². The molecule has 0 aromatic heterocycles. The van der Waals surface area contributed by atoms with Gasteiger partial charge in [-0.05, 0) is 92.3 Å². The second-order valence-corrected chi connectivity index (χ2v) is 8.26. The Labute approximate surface area is 161 Å². The number of fused-ring (bicyclic) bond motifs is 3. The van der Waals surface area contributed by atoms with Crippen LogP contribution in [0, 0.1) is 17.8 Å². The number of nitrogen functional groups attached to an aromatic ring is 1. The van der Waals surface area contributed by atoms with Crippen LogP contribution < -0.4 is 5.73 Å². The van der Waals surface area contributed by atoms with Gasteiger partial charge in [0, 0.05) is 11.1 Å². The lowest BCUT2D eigenvalue weighted by atomic mass is 9.52. The van der Waals surface area contributed by atoms with Gasteiger partial charge in [0.25, 0.3) is 0 Å². The van der Waals surface area contributed by atoms with Crippen LogP contribution in [0.4, 0.5) is 5.69 Å².